The van der Waals surface area contributed by atoms with E-state index in [1.165, 1.54) is 17.0 Å². The molecule has 7 rings (SSSR count). The van der Waals surface area contributed by atoms with Crippen molar-refractivity contribution in [1.29, 1.82) is 0 Å². The van der Waals surface area contributed by atoms with Crippen molar-refractivity contribution in [2.45, 2.75) is 101 Å². The second kappa shape index (κ2) is 14.1. The average molecular weight is 754 g/mol. The number of carbonyl (C=O) groups excluding carboxylic acids is 4. The number of amides is 4. The van der Waals surface area contributed by atoms with E-state index in [1.54, 1.807) is 25.4 Å². The number of rotatable bonds is 7. The highest BCUT2D eigenvalue weighted by molar-refractivity contribution is 7.91. The van der Waals surface area contributed by atoms with Crippen LogP contribution < -0.4 is 20.1 Å². The molecule has 14 nitrogen and oxygen atoms in total. The summed E-state index contributed by atoms with van der Waals surface area (Å²) in [4.78, 5) is 70.5. The average Bonchev–Trinajstić information content (AvgIpc) is 3.99. The summed E-state index contributed by atoms with van der Waals surface area (Å²) in [6, 6.07) is 2.26. The molecule has 5 atom stereocenters. The summed E-state index contributed by atoms with van der Waals surface area (Å²) >= 11 is 1.16. The van der Waals surface area contributed by atoms with Crippen molar-refractivity contribution in [2.75, 3.05) is 6.54 Å². The lowest BCUT2D eigenvalue weighted by Crippen LogP contribution is -2.58. The number of hydrogen-bond donors (Lipinski definition) is 3. The summed E-state index contributed by atoms with van der Waals surface area (Å²) in [7, 11) is -3.91. The largest absolute Gasteiger partial charge is 0.471 e. The maximum atomic E-state index is 14.7. The van der Waals surface area contributed by atoms with Crippen LogP contribution in [0.3, 0.4) is 0 Å². The number of aryl methyl sites for hydroxylation is 2. The molecular weight excluding hydrogens is 714 g/mol. The number of allylic oxidation sites excluding steroid dienone is 1. The molecule has 0 radical (unpaired) electrons. The quantitative estimate of drug-likeness (QED) is 0.303. The zero-order chi connectivity index (χ0) is 36.8. The van der Waals surface area contributed by atoms with Crippen LogP contribution in [0.25, 0.3) is 11.0 Å². The summed E-state index contributed by atoms with van der Waals surface area (Å²) in [5.41, 5.74) is 1.28. The monoisotopic (exact) mass is 753 g/mol. The van der Waals surface area contributed by atoms with E-state index in [0.717, 1.165) is 24.2 Å². The van der Waals surface area contributed by atoms with E-state index in [1.807, 2.05) is 12.2 Å². The van der Waals surface area contributed by atoms with Gasteiger partial charge in [-0.05, 0) is 64.5 Å². The molecule has 4 amide bonds. The molecule has 2 aliphatic heterocycles. The van der Waals surface area contributed by atoms with Crippen LogP contribution in [0.5, 0.6) is 5.88 Å². The second-order valence-electron chi connectivity index (χ2n) is 14.0. The van der Waals surface area contributed by atoms with Crippen LogP contribution in [-0.4, -0.2) is 87.4 Å². The van der Waals surface area contributed by atoms with Crippen molar-refractivity contribution < 1.29 is 36.7 Å². The van der Waals surface area contributed by atoms with Gasteiger partial charge >= 0.3 is 0 Å². The molecule has 4 aliphatic rings. The second-order valence-corrected chi connectivity index (χ2v) is 16.8. The van der Waals surface area contributed by atoms with Gasteiger partial charge in [0.15, 0.2) is 5.82 Å². The number of ether oxygens (including phenoxy) is 1. The summed E-state index contributed by atoms with van der Waals surface area (Å²) in [5, 5.41) is 5.07. The predicted octanol–water partition coefficient (Wildman–Crippen LogP) is 2.99. The first-order chi connectivity index (χ1) is 24.9. The molecule has 1 aromatic carbocycles. The van der Waals surface area contributed by atoms with Gasteiger partial charge in [-0.2, -0.15) is 0 Å². The molecule has 2 aliphatic carbocycles. The first kappa shape index (κ1) is 35.9. The number of benzene rings is 1. The number of fused-ring (bicyclic) bond motifs is 3. The van der Waals surface area contributed by atoms with Crippen LogP contribution in [0, 0.1) is 25.6 Å². The number of halogens is 1. The Kier molecular flexibility index (Phi) is 9.75. The number of sulfonamides is 1. The van der Waals surface area contributed by atoms with Gasteiger partial charge in [0.25, 0.3) is 11.8 Å². The molecule has 2 saturated carbocycles. The van der Waals surface area contributed by atoms with Gasteiger partial charge < -0.3 is 20.3 Å². The molecule has 0 unspecified atom stereocenters. The minimum Gasteiger partial charge on any atom is -0.471 e. The Labute approximate surface area is 304 Å². The molecule has 52 heavy (non-hydrogen) atoms. The van der Waals surface area contributed by atoms with E-state index in [4.69, 9.17) is 4.74 Å². The molecule has 0 bridgehead atoms. The predicted molar refractivity (Wildman–Crippen MR) is 188 cm³/mol. The van der Waals surface area contributed by atoms with Gasteiger partial charge in [-0.1, -0.05) is 31.1 Å². The van der Waals surface area contributed by atoms with Gasteiger partial charge in [0.2, 0.25) is 27.7 Å². The summed E-state index contributed by atoms with van der Waals surface area (Å²) < 4.78 is 48.7. The number of hydrogen-bond acceptors (Lipinski definition) is 11. The van der Waals surface area contributed by atoms with Crippen LogP contribution in [0.4, 0.5) is 4.39 Å². The molecule has 276 valence electrons. The van der Waals surface area contributed by atoms with Gasteiger partial charge in [0.05, 0.1) is 28.5 Å². The highest BCUT2D eigenvalue weighted by atomic mass is 32.2. The number of nitrogens with zero attached hydrogens (tertiary/aromatic N) is 4. The van der Waals surface area contributed by atoms with Gasteiger partial charge in [0, 0.05) is 12.3 Å². The third-order valence-electron chi connectivity index (χ3n) is 10.2. The van der Waals surface area contributed by atoms with E-state index in [-0.39, 0.29) is 30.8 Å². The first-order valence-corrected chi connectivity index (χ1v) is 19.9. The van der Waals surface area contributed by atoms with Gasteiger partial charge in [0.1, 0.15) is 39.8 Å². The number of para-hydroxylation sites is 1. The van der Waals surface area contributed by atoms with E-state index in [9.17, 15) is 32.0 Å². The third-order valence-corrected chi connectivity index (χ3v) is 12.9. The molecule has 3 aromatic rings. The van der Waals surface area contributed by atoms with E-state index >= 15 is 0 Å². The lowest BCUT2D eigenvalue weighted by atomic mass is 10.0. The van der Waals surface area contributed by atoms with Crippen molar-refractivity contribution in [3.05, 3.63) is 57.9 Å². The fourth-order valence-corrected chi connectivity index (χ4v) is 9.05. The molecule has 17 heteroatoms. The molecule has 4 heterocycles. The number of nitrogens with one attached hydrogen (secondary N) is 3. The molecule has 1 saturated heterocycles. The van der Waals surface area contributed by atoms with Crippen molar-refractivity contribution in [3.8, 4) is 5.88 Å². The first-order valence-electron chi connectivity index (χ1n) is 17.5. The minimum atomic E-state index is -3.91. The van der Waals surface area contributed by atoms with E-state index < -0.39 is 74.4 Å². The number of carbonyl (C=O) groups is 4. The van der Waals surface area contributed by atoms with Gasteiger partial charge in [-0.25, -0.2) is 27.8 Å². The molecule has 0 spiro atoms. The lowest BCUT2D eigenvalue weighted by Gasteiger charge is -2.30. The van der Waals surface area contributed by atoms with Crippen molar-refractivity contribution >= 4 is 56.0 Å². The SMILES string of the molecule is Cc1nc2cccc(F)c2nc1O[C@@H]1C[C@H]2C(=O)N[C@]3(C(=O)NS(=O)(=O)C4CC4)C[C@H]3/C=C\CCCCC[C@H](NC(=O)c3scnc3C)C(=O)N2C1. The topological polar surface area (TPSA) is 190 Å². The minimum absolute atomic E-state index is 0.00725. The molecule has 2 aromatic heterocycles. The lowest BCUT2D eigenvalue weighted by molar-refractivity contribution is -0.141. The Balaban J connectivity index is 1.20. The molecular formula is C35H40FN7O7S2. The maximum Gasteiger partial charge on any atom is 0.263 e. The zero-order valence-corrected chi connectivity index (χ0v) is 30.4. The summed E-state index contributed by atoms with van der Waals surface area (Å²) in [6.45, 7) is 3.28. The van der Waals surface area contributed by atoms with Crippen LogP contribution >= 0.6 is 11.3 Å². The number of thiazole rings is 1. The molecule has 3 fully saturated rings. The van der Waals surface area contributed by atoms with Crippen molar-refractivity contribution in [1.82, 2.24) is 35.2 Å². The fraction of sp³-hybridized carbons (Fsp3) is 0.514. The van der Waals surface area contributed by atoms with Gasteiger partial charge in [-0.15, -0.1) is 11.3 Å². The smallest absolute Gasteiger partial charge is 0.263 e. The maximum absolute atomic E-state index is 14.7. The molecule has 3 N–H and O–H groups in total. The van der Waals surface area contributed by atoms with Crippen LogP contribution in [0.15, 0.2) is 35.9 Å². The Hall–Kier alpha value is -4.51. The Morgan fingerprint density at radius 3 is 2.65 bits per heavy atom. The highest BCUT2D eigenvalue weighted by Gasteiger charge is 2.62. The van der Waals surface area contributed by atoms with E-state index in [2.05, 4.69) is 30.3 Å². The Morgan fingerprint density at radius 2 is 1.90 bits per heavy atom. The van der Waals surface area contributed by atoms with Gasteiger partial charge in [-0.3, -0.25) is 23.9 Å². The number of aromatic nitrogens is 3. The zero-order valence-electron chi connectivity index (χ0n) is 28.8. The van der Waals surface area contributed by atoms with E-state index in [0.29, 0.717) is 53.9 Å². The highest BCUT2D eigenvalue weighted by Crippen LogP contribution is 2.46. The van der Waals surface area contributed by atoms with Crippen LogP contribution in [-0.2, 0) is 24.4 Å². The van der Waals surface area contributed by atoms with Crippen LogP contribution in [0.2, 0.25) is 0 Å². The fourth-order valence-electron chi connectivity index (χ4n) is 6.98. The van der Waals surface area contributed by atoms with Crippen LogP contribution in [0.1, 0.15) is 78.8 Å². The Morgan fingerprint density at radius 1 is 1.10 bits per heavy atom. The third kappa shape index (κ3) is 7.24. The van der Waals surface area contributed by atoms with Crippen molar-refractivity contribution in [3.63, 3.8) is 0 Å². The summed E-state index contributed by atoms with van der Waals surface area (Å²) in [5.74, 6) is -3.44. The van der Waals surface area contributed by atoms with Crippen molar-refractivity contribution in [2.24, 2.45) is 5.92 Å². The standard InChI is InChI=1S/C35H40FN7O7S2/c1-19-29(51-18-37-19)31(45)39-26-11-7-5-3-4-6-9-21-16-35(21,34(47)42-52(48,49)23-13-14-23)41-30(44)27-15-22(17-43(27)33(26)46)50-32-20(2)38-25-12-8-10-24(36)28(25)40-32/h6,8-10,12,18,21-23,26-27H,3-5,7,11,13-17H2,1-2H3,(H,39,45)(H,41,44)(H,42,47)/b9-6-/t21-,22-,26+,27+,35-/m1/s1. The Bertz CT molecular complexity index is 2070. The summed E-state index contributed by atoms with van der Waals surface area (Å²) in [6.07, 6.45) is 7.19. The normalized spacial score (nSPS) is 27.4.